The van der Waals surface area contributed by atoms with Crippen molar-refractivity contribution in [2.24, 2.45) is 29.2 Å². The lowest BCUT2D eigenvalue weighted by Gasteiger charge is -2.29. The number of hydrogen-bond acceptors (Lipinski definition) is 5. The number of alkyl carbamates (subject to hydrolysis) is 1. The molecule has 0 bridgehead atoms. The van der Waals surface area contributed by atoms with Crippen LogP contribution in [-0.4, -0.2) is 52.9 Å². The number of primary amides is 2. The van der Waals surface area contributed by atoms with Crippen LogP contribution < -0.4 is 16.8 Å². The standard InChI is InChI=1S/C24H40N4O5/c1-15-12-13-28(19(15)21(26)30)22(31)18(27-23(32)33-24(2,3)4)11-9-7-5-6-8-10-16-14-17(16)20(25)29/h8,10,15-19H,5-7,9,11-14H2,1-4H3,(H2,25,29)(H2,26,30)(H,27,32)/b10-8-/t15-,16-,17+,18+,19+/m1/s1. The minimum absolute atomic E-state index is 0.00974. The van der Waals surface area contributed by atoms with E-state index >= 15 is 0 Å². The van der Waals surface area contributed by atoms with Gasteiger partial charge in [-0.05, 0) is 64.7 Å². The highest BCUT2D eigenvalue weighted by Crippen LogP contribution is 2.39. The molecule has 0 spiro atoms. The second-order valence-corrected chi connectivity index (χ2v) is 10.3. The lowest BCUT2D eigenvalue weighted by Crippen LogP contribution is -2.54. The fraction of sp³-hybridized carbons (Fsp3) is 0.750. The number of ether oxygens (including phenoxy) is 1. The molecule has 5 atom stereocenters. The summed E-state index contributed by atoms with van der Waals surface area (Å²) in [6.07, 6.45) is 8.90. The average molecular weight is 465 g/mol. The number of amides is 4. The summed E-state index contributed by atoms with van der Waals surface area (Å²) in [5.41, 5.74) is 10.1. The Hall–Kier alpha value is -2.58. The molecule has 9 nitrogen and oxygen atoms in total. The quantitative estimate of drug-likeness (QED) is 0.317. The van der Waals surface area contributed by atoms with E-state index < -0.39 is 29.7 Å². The molecule has 0 aromatic heterocycles. The first kappa shape index (κ1) is 26.7. The van der Waals surface area contributed by atoms with Crippen LogP contribution in [0.25, 0.3) is 0 Å². The number of rotatable bonds is 11. The molecule has 1 saturated heterocycles. The molecule has 1 saturated carbocycles. The van der Waals surface area contributed by atoms with Gasteiger partial charge in [0.25, 0.3) is 0 Å². The summed E-state index contributed by atoms with van der Waals surface area (Å²) in [5.74, 6) is -0.788. The fourth-order valence-electron chi connectivity index (χ4n) is 4.35. The molecule has 4 amide bonds. The maximum absolute atomic E-state index is 13.2. The molecule has 186 valence electrons. The predicted octanol–water partition coefficient (Wildman–Crippen LogP) is 2.23. The summed E-state index contributed by atoms with van der Waals surface area (Å²) >= 11 is 0. The second-order valence-electron chi connectivity index (χ2n) is 10.3. The lowest BCUT2D eigenvalue weighted by atomic mass is 10.0. The third kappa shape index (κ3) is 8.37. The Labute approximate surface area is 196 Å². The maximum Gasteiger partial charge on any atom is 0.408 e. The number of nitrogens with zero attached hydrogens (tertiary/aromatic N) is 1. The van der Waals surface area contributed by atoms with Crippen LogP contribution in [0, 0.1) is 17.8 Å². The summed E-state index contributed by atoms with van der Waals surface area (Å²) < 4.78 is 5.34. The largest absolute Gasteiger partial charge is 0.444 e. The molecule has 0 radical (unpaired) electrons. The van der Waals surface area contributed by atoms with Gasteiger partial charge in [0, 0.05) is 12.5 Å². The van der Waals surface area contributed by atoms with E-state index in [2.05, 4.69) is 17.5 Å². The minimum atomic E-state index is -0.773. The first-order chi connectivity index (χ1) is 15.4. The Morgan fingerprint density at radius 1 is 1.12 bits per heavy atom. The molecular formula is C24H40N4O5. The lowest BCUT2D eigenvalue weighted by molar-refractivity contribution is -0.139. The van der Waals surface area contributed by atoms with Gasteiger partial charge < -0.3 is 26.4 Å². The second kappa shape index (κ2) is 11.5. The first-order valence-corrected chi connectivity index (χ1v) is 12.0. The van der Waals surface area contributed by atoms with Gasteiger partial charge in [-0.2, -0.15) is 0 Å². The zero-order valence-electron chi connectivity index (χ0n) is 20.3. The molecule has 1 aliphatic heterocycles. The fourth-order valence-corrected chi connectivity index (χ4v) is 4.35. The van der Waals surface area contributed by atoms with E-state index in [0.29, 0.717) is 19.4 Å². The highest BCUT2D eigenvalue weighted by Gasteiger charge is 2.41. The van der Waals surface area contributed by atoms with Crippen LogP contribution in [-0.2, 0) is 19.1 Å². The molecule has 1 aliphatic carbocycles. The van der Waals surface area contributed by atoms with Crippen molar-refractivity contribution >= 4 is 23.8 Å². The van der Waals surface area contributed by atoms with Gasteiger partial charge in [0.1, 0.15) is 17.7 Å². The third-order valence-electron chi connectivity index (χ3n) is 6.22. The third-order valence-corrected chi connectivity index (χ3v) is 6.22. The van der Waals surface area contributed by atoms with E-state index in [1.54, 1.807) is 20.8 Å². The van der Waals surface area contributed by atoms with Crippen molar-refractivity contribution in [2.45, 2.75) is 90.3 Å². The molecule has 5 N–H and O–H groups in total. The molecule has 2 aliphatic rings. The highest BCUT2D eigenvalue weighted by molar-refractivity contribution is 5.91. The minimum Gasteiger partial charge on any atom is -0.444 e. The van der Waals surface area contributed by atoms with E-state index in [-0.39, 0.29) is 29.6 Å². The summed E-state index contributed by atoms with van der Waals surface area (Å²) in [4.78, 5) is 50.1. The summed E-state index contributed by atoms with van der Waals surface area (Å²) in [7, 11) is 0. The van der Waals surface area contributed by atoms with E-state index in [1.807, 2.05) is 6.92 Å². The predicted molar refractivity (Wildman–Crippen MR) is 125 cm³/mol. The Bertz CT molecular complexity index is 760. The van der Waals surface area contributed by atoms with E-state index in [0.717, 1.165) is 32.1 Å². The monoisotopic (exact) mass is 464 g/mol. The Morgan fingerprint density at radius 2 is 1.82 bits per heavy atom. The van der Waals surface area contributed by atoms with Crippen LogP contribution in [0.4, 0.5) is 4.79 Å². The van der Waals surface area contributed by atoms with E-state index in [9.17, 15) is 19.2 Å². The Kier molecular flexibility index (Phi) is 9.31. The number of hydrogen-bond donors (Lipinski definition) is 3. The van der Waals surface area contributed by atoms with Crippen molar-refractivity contribution in [3.05, 3.63) is 12.2 Å². The number of unbranched alkanes of at least 4 members (excludes halogenated alkanes) is 3. The van der Waals surface area contributed by atoms with Gasteiger partial charge in [0.2, 0.25) is 17.7 Å². The van der Waals surface area contributed by atoms with Gasteiger partial charge in [-0.3, -0.25) is 14.4 Å². The number of likely N-dealkylation sites (tertiary alicyclic amines) is 1. The molecule has 0 aromatic rings. The molecule has 1 heterocycles. The van der Waals surface area contributed by atoms with Crippen LogP contribution in [0.3, 0.4) is 0 Å². The first-order valence-electron chi connectivity index (χ1n) is 12.0. The van der Waals surface area contributed by atoms with Crippen molar-refractivity contribution in [3.63, 3.8) is 0 Å². The Balaban J connectivity index is 1.87. The van der Waals surface area contributed by atoms with Gasteiger partial charge in [-0.25, -0.2) is 4.79 Å². The number of allylic oxidation sites excluding steroid dienone is 2. The van der Waals surface area contributed by atoms with E-state index in [1.165, 1.54) is 4.90 Å². The zero-order valence-corrected chi connectivity index (χ0v) is 20.3. The van der Waals surface area contributed by atoms with Crippen molar-refractivity contribution < 1.29 is 23.9 Å². The van der Waals surface area contributed by atoms with Gasteiger partial charge in [0.15, 0.2) is 0 Å². The highest BCUT2D eigenvalue weighted by atomic mass is 16.6. The molecule has 33 heavy (non-hydrogen) atoms. The zero-order chi connectivity index (χ0) is 24.8. The van der Waals surface area contributed by atoms with Gasteiger partial charge in [0.05, 0.1) is 0 Å². The molecule has 0 aromatic carbocycles. The van der Waals surface area contributed by atoms with Crippen LogP contribution in [0.15, 0.2) is 12.2 Å². The van der Waals surface area contributed by atoms with Crippen molar-refractivity contribution in [3.8, 4) is 0 Å². The summed E-state index contributed by atoms with van der Waals surface area (Å²) in [6.45, 7) is 7.62. The smallest absolute Gasteiger partial charge is 0.408 e. The number of nitrogens with two attached hydrogens (primary N) is 2. The van der Waals surface area contributed by atoms with Gasteiger partial charge in [-0.15, -0.1) is 0 Å². The average Bonchev–Trinajstić information content (AvgIpc) is 3.37. The van der Waals surface area contributed by atoms with Crippen molar-refractivity contribution in [1.82, 2.24) is 10.2 Å². The van der Waals surface area contributed by atoms with Crippen LogP contribution in [0.5, 0.6) is 0 Å². The van der Waals surface area contributed by atoms with Crippen molar-refractivity contribution in [1.29, 1.82) is 0 Å². The van der Waals surface area contributed by atoms with Crippen LogP contribution in [0.2, 0.25) is 0 Å². The van der Waals surface area contributed by atoms with Crippen molar-refractivity contribution in [2.75, 3.05) is 6.54 Å². The molecule has 9 heteroatoms. The number of carbonyl (C=O) groups excluding carboxylic acids is 4. The molecule has 2 fully saturated rings. The number of nitrogens with one attached hydrogen (secondary N) is 1. The van der Waals surface area contributed by atoms with Crippen LogP contribution in [0.1, 0.15) is 72.6 Å². The molecule has 2 rings (SSSR count). The normalized spacial score (nSPS) is 25.6. The Morgan fingerprint density at radius 3 is 2.39 bits per heavy atom. The van der Waals surface area contributed by atoms with Gasteiger partial charge >= 0.3 is 6.09 Å². The summed E-state index contributed by atoms with van der Waals surface area (Å²) in [5, 5.41) is 2.70. The maximum atomic E-state index is 13.2. The van der Waals surface area contributed by atoms with E-state index in [4.69, 9.17) is 16.2 Å². The molecule has 0 unspecified atom stereocenters. The summed E-state index contributed by atoms with van der Waals surface area (Å²) in [6, 6.07) is -1.43. The number of carbonyl (C=O) groups is 4. The van der Waals surface area contributed by atoms with Gasteiger partial charge in [-0.1, -0.05) is 31.9 Å². The van der Waals surface area contributed by atoms with Crippen LogP contribution >= 0.6 is 0 Å². The topological polar surface area (TPSA) is 145 Å². The SMILES string of the molecule is C[C@@H]1CCN(C(=O)[C@H](CCCCC/C=C\[C@@H]2C[C@@H]2C(N)=O)NC(=O)OC(C)(C)C)[C@@H]1C(N)=O. The molecular weight excluding hydrogens is 424 g/mol.